The van der Waals surface area contributed by atoms with Crippen LogP contribution in [0.15, 0.2) is 48.6 Å². The number of unbranched alkanes of at least 4 members (excludes halogenated alkanes) is 34. The quantitative estimate of drug-likeness (QED) is 0.0243. The molecule has 68 heavy (non-hydrogen) atoms. The first-order valence-electron chi connectivity index (χ1n) is 29.0. The molecule has 0 fully saturated rings. The second-order valence-corrected chi connectivity index (χ2v) is 22.4. The third kappa shape index (κ3) is 52.3. The molecule has 0 aliphatic heterocycles. The van der Waals surface area contributed by atoms with Gasteiger partial charge in [0.1, 0.15) is 13.2 Å². The first kappa shape index (κ1) is 66.5. The van der Waals surface area contributed by atoms with Crippen LogP contribution in [0, 0.1) is 0 Å². The van der Waals surface area contributed by atoms with Crippen molar-refractivity contribution >= 4 is 13.7 Å². The number of nitrogens with zero attached hydrogens (tertiary/aromatic N) is 1. The van der Waals surface area contributed by atoms with Crippen LogP contribution in [-0.2, 0) is 18.4 Å². The van der Waals surface area contributed by atoms with Crippen LogP contribution in [0.3, 0.4) is 0 Å². The van der Waals surface area contributed by atoms with Gasteiger partial charge in [0.25, 0.3) is 0 Å². The van der Waals surface area contributed by atoms with E-state index in [9.17, 15) is 19.4 Å². The Bertz CT molecular complexity index is 1250. The van der Waals surface area contributed by atoms with Crippen LogP contribution in [0.4, 0.5) is 0 Å². The summed E-state index contributed by atoms with van der Waals surface area (Å²) in [6.07, 6.45) is 66.5. The number of nitrogens with one attached hydrogen (secondary N) is 1. The number of carbonyl (C=O) groups excluding carboxylic acids is 1. The summed E-state index contributed by atoms with van der Waals surface area (Å²) in [6, 6.07) is -0.873. The van der Waals surface area contributed by atoms with Gasteiger partial charge in [-0.2, -0.15) is 0 Å². The summed E-state index contributed by atoms with van der Waals surface area (Å²) in [5, 5.41) is 13.9. The van der Waals surface area contributed by atoms with E-state index < -0.39 is 20.0 Å². The van der Waals surface area contributed by atoms with Gasteiger partial charge in [-0.15, -0.1) is 0 Å². The van der Waals surface area contributed by atoms with E-state index in [-0.39, 0.29) is 19.1 Å². The maximum absolute atomic E-state index is 12.9. The number of allylic oxidation sites excluding steroid dienone is 7. The lowest BCUT2D eigenvalue weighted by molar-refractivity contribution is -0.870. The molecular weight excluding hydrogens is 864 g/mol. The van der Waals surface area contributed by atoms with Crippen LogP contribution < -0.4 is 5.32 Å². The predicted octanol–water partition coefficient (Wildman–Crippen LogP) is 17.5. The fourth-order valence-electron chi connectivity index (χ4n) is 8.42. The van der Waals surface area contributed by atoms with Crippen LogP contribution in [0.5, 0.6) is 0 Å². The highest BCUT2D eigenvalue weighted by molar-refractivity contribution is 7.47. The molecule has 0 rings (SSSR count). The number of carbonyl (C=O) groups is 1. The fourth-order valence-corrected chi connectivity index (χ4v) is 9.16. The average molecular weight is 979 g/mol. The molecule has 0 aliphatic carbocycles. The molecule has 0 spiro atoms. The Morgan fingerprint density at radius 3 is 1.18 bits per heavy atom. The first-order valence-corrected chi connectivity index (χ1v) is 30.5. The van der Waals surface area contributed by atoms with Gasteiger partial charge in [-0.05, 0) is 70.6 Å². The molecular formula is C59H114N2O6P+. The number of rotatable bonds is 53. The highest BCUT2D eigenvalue weighted by atomic mass is 31.2. The van der Waals surface area contributed by atoms with Crippen molar-refractivity contribution in [1.82, 2.24) is 5.32 Å². The Labute approximate surface area is 422 Å². The van der Waals surface area contributed by atoms with Gasteiger partial charge in [0.2, 0.25) is 5.91 Å². The van der Waals surface area contributed by atoms with Crippen molar-refractivity contribution < 1.29 is 32.9 Å². The number of aliphatic hydroxyl groups excluding tert-OH is 1. The minimum absolute atomic E-state index is 0.0522. The highest BCUT2D eigenvalue weighted by Gasteiger charge is 2.27. The summed E-state index contributed by atoms with van der Waals surface area (Å²) in [6.45, 7) is 4.80. The fraction of sp³-hybridized carbons (Fsp3) is 0.847. The maximum Gasteiger partial charge on any atom is 0.472 e. The van der Waals surface area contributed by atoms with Gasteiger partial charge >= 0.3 is 7.82 Å². The maximum atomic E-state index is 12.9. The largest absolute Gasteiger partial charge is 0.472 e. The molecule has 3 unspecified atom stereocenters. The van der Waals surface area contributed by atoms with Crippen molar-refractivity contribution in [3.63, 3.8) is 0 Å². The number of hydrogen-bond acceptors (Lipinski definition) is 5. The molecule has 0 bridgehead atoms. The van der Waals surface area contributed by atoms with Gasteiger partial charge in [-0.3, -0.25) is 13.8 Å². The van der Waals surface area contributed by atoms with Gasteiger partial charge < -0.3 is 19.8 Å². The van der Waals surface area contributed by atoms with E-state index in [4.69, 9.17) is 9.05 Å². The molecule has 1 amide bonds. The number of hydrogen-bond donors (Lipinski definition) is 3. The number of amides is 1. The molecule has 0 saturated carbocycles. The molecule has 0 radical (unpaired) electrons. The summed E-state index contributed by atoms with van der Waals surface area (Å²) in [5.74, 6) is -0.194. The van der Waals surface area contributed by atoms with Crippen LogP contribution in [0.1, 0.15) is 271 Å². The van der Waals surface area contributed by atoms with E-state index in [1.54, 1.807) is 6.08 Å². The normalized spacial score (nSPS) is 14.3. The highest BCUT2D eigenvalue weighted by Crippen LogP contribution is 2.43. The van der Waals surface area contributed by atoms with E-state index >= 15 is 0 Å². The van der Waals surface area contributed by atoms with E-state index in [1.165, 1.54) is 205 Å². The van der Waals surface area contributed by atoms with Crippen molar-refractivity contribution in [2.45, 2.75) is 283 Å². The third-order valence-electron chi connectivity index (χ3n) is 13.0. The molecule has 0 heterocycles. The summed E-state index contributed by atoms with van der Waals surface area (Å²) in [5.41, 5.74) is 0. The molecule has 400 valence electrons. The zero-order chi connectivity index (χ0) is 49.9. The summed E-state index contributed by atoms with van der Waals surface area (Å²) < 4.78 is 23.7. The van der Waals surface area contributed by atoms with Gasteiger partial charge in [0, 0.05) is 6.42 Å². The molecule has 0 aromatic heterocycles. The molecule has 0 saturated heterocycles. The van der Waals surface area contributed by atoms with Crippen molar-refractivity contribution in [3.05, 3.63) is 48.6 Å². The van der Waals surface area contributed by atoms with Crippen LogP contribution in [0.25, 0.3) is 0 Å². The van der Waals surface area contributed by atoms with Gasteiger partial charge in [0.15, 0.2) is 0 Å². The minimum Gasteiger partial charge on any atom is -0.387 e. The standard InChI is InChI=1S/C59H113N2O6P/c1-6-8-10-12-14-16-18-20-22-24-25-26-27-28-29-30-31-32-33-34-35-37-38-40-42-44-46-48-50-52-58(62)57(56-67-68(64,65)66-55-54-61(3,4)5)60-59(63)53-51-49-47-45-43-41-39-36-23-21-19-17-15-13-11-9-7-2/h21,23,35,37,42,44,50,52,57-58,62H,6-20,22,24-34,36,38-41,43,45-49,51,53-56H2,1-5H3,(H-,60,63,64,65)/p+1/b23-21-,37-35+,44-42+,52-50+. The summed E-state index contributed by atoms with van der Waals surface area (Å²) in [4.78, 5) is 23.3. The van der Waals surface area contributed by atoms with Crippen LogP contribution in [0.2, 0.25) is 0 Å². The molecule has 0 aromatic carbocycles. The molecule has 9 heteroatoms. The number of phosphoric ester groups is 1. The zero-order valence-electron chi connectivity index (χ0n) is 45.6. The zero-order valence-corrected chi connectivity index (χ0v) is 46.5. The van der Waals surface area contributed by atoms with Crippen molar-refractivity contribution in [2.75, 3.05) is 40.9 Å². The second kappa shape index (κ2) is 50.4. The average Bonchev–Trinajstić information content (AvgIpc) is 3.30. The Morgan fingerprint density at radius 1 is 0.485 bits per heavy atom. The van der Waals surface area contributed by atoms with Gasteiger partial charge in [-0.25, -0.2) is 4.57 Å². The van der Waals surface area contributed by atoms with Crippen LogP contribution in [-0.4, -0.2) is 73.4 Å². The van der Waals surface area contributed by atoms with Crippen molar-refractivity contribution in [2.24, 2.45) is 0 Å². The Hall–Kier alpha value is -1.54. The number of aliphatic hydroxyl groups is 1. The van der Waals surface area contributed by atoms with Crippen LogP contribution >= 0.6 is 7.82 Å². The lowest BCUT2D eigenvalue weighted by Gasteiger charge is -2.25. The lowest BCUT2D eigenvalue weighted by atomic mass is 10.0. The Morgan fingerprint density at radius 2 is 0.809 bits per heavy atom. The first-order chi connectivity index (χ1) is 33.0. The lowest BCUT2D eigenvalue weighted by Crippen LogP contribution is -2.45. The van der Waals surface area contributed by atoms with Gasteiger partial charge in [-0.1, -0.05) is 242 Å². The number of likely N-dealkylation sites (N-methyl/N-ethyl adjacent to an activating group) is 1. The smallest absolute Gasteiger partial charge is 0.387 e. The van der Waals surface area contributed by atoms with E-state index in [1.807, 2.05) is 27.2 Å². The molecule has 3 N–H and O–H groups in total. The topological polar surface area (TPSA) is 105 Å². The predicted molar refractivity (Wildman–Crippen MR) is 295 cm³/mol. The van der Waals surface area contributed by atoms with E-state index in [0.29, 0.717) is 17.4 Å². The third-order valence-corrected chi connectivity index (χ3v) is 14.0. The molecule has 0 aromatic rings. The summed E-state index contributed by atoms with van der Waals surface area (Å²) >= 11 is 0. The minimum atomic E-state index is -4.36. The Kier molecular flexibility index (Phi) is 49.3. The SMILES string of the molecule is CCCCCCCC/C=C\CCCCCCCCCC(=O)NC(COP(=O)(O)OCC[N+](C)(C)C)C(O)/C=C/CC/C=C/CC/C=C/CCCCCCCCCCCCCCCCCCCCC. The molecule has 0 aliphatic rings. The van der Waals surface area contributed by atoms with Gasteiger partial charge in [0.05, 0.1) is 39.9 Å². The van der Waals surface area contributed by atoms with E-state index in [2.05, 4.69) is 55.6 Å². The number of phosphoric acid groups is 1. The molecule has 3 atom stereocenters. The van der Waals surface area contributed by atoms with E-state index in [0.717, 1.165) is 44.9 Å². The monoisotopic (exact) mass is 978 g/mol. The van der Waals surface area contributed by atoms with Crippen molar-refractivity contribution in [1.29, 1.82) is 0 Å². The second-order valence-electron chi connectivity index (χ2n) is 21.0. The van der Waals surface area contributed by atoms with Crippen molar-refractivity contribution in [3.8, 4) is 0 Å². The Balaban J connectivity index is 4.25. The molecule has 8 nitrogen and oxygen atoms in total. The summed E-state index contributed by atoms with van der Waals surface area (Å²) in [7, 11) is 1.55. The number of quaternary nitrogens is 1.